The lowest BCUT2D eigenvalue weighted by atomic mass is 10.3. The van der Waals surface area contributed by atoms with Gasteiger partial charge in [0.2, 0.25) is 0 Å². The van der Waals surface area contributed by atoms with Crippen LogP contribution in [0.1, 0.15) is 0 Å². The number of nitrogen functional groups attached to an aromatic ring is 2. The van der Waals surface area contributed by atoms with Crippen molar-refractivity contribution in [2.75, 3.05) is 11.5 Å². The Hall–Kier alpha value is 0.0700. The van der Waals surface area contributed by atoms with Gasteiger partial charge in [0.1, 0.15) is 0 Å². The fraction of sp³-hybridized carbons (Fsp3) is 0. The zero-order valence-electron chi connectivity index (χ0n) is 5.37. The first-order valence-corrected chi connectivity index (χ1v) is 4.69. The second-order valence-corrected chi connectivity index (χ2v) is 4.04. The first kappa shape index (κ1) is 9.16. The molecule has 0 spiro atoms. The minimum Gasteiger partial charge on any atom is -0.397 e. The van der Waals surface area contributed by atoms with Gasteiger partial charge in [0.25, 0.3) is 0 Å². The summed E-state index contributed by atoms with van der Waals surface area (Å²) in [6.07, 6.45) is 0. The summed E-state index contributed by atoms with van der Waals surface area (Å²) in [5.41, 5.74) is 12.2. The van der Waals surface area contributed by atoms with Crippen molar-refractivity contribution in [1.82, 2.24) is 0 Å². The third-order valence-electron chi connectivity index (χ3n) is 1.24. The van der Waals surface area contributed by atoms with E-state index in [0.717, 1.165) is 4.47 Å². The molecule has 0 unspecified atom stereocenters. The minimum atomic E-state index is 0.465. The highest BCUT2D eigenvalue weighted by Gasteiger charge is 2.08. The predicted octanol–water partition coefficient (Wildman–Crippen LogP) is 3.03. The lowest BCUT2D eigenvalue weighted by Gasteiger charge is -2.06. The number of hydrogen-bond donors (Lipinski definition) is 2. The normalized spacial score (nSPS) is 10.1. The van der Waals surface area contributed by atoms with Crippen LogP contribution in [0.15, 0.2) is 15.0 Å². The van der Waals surface area contributed by atoms with Crippen molar-refractivity contribution in [2.45, 2.75) is 0 Å². The standard InChI is InChI=1S/C6H5Br2ClN2/c7-2-1-3(9)6(11)4(8)5(2)10/h1H,10-11H2. The lowest BCUT2D eigenvalue weighted by Crippen LogP contribution is -1.94. The molecule has 0 radical (unpaired) electrons. The van der Waals surface area contributed by atoms with E-state index in [0.29, 0.717) is 20.9 Å². The number of rotatable bonds is 0. The quantitative estimate of drug-likeness (QED) is 0.724. The molecule has 0 heterocycles. The maximum Gasteiger partial charge on any atom is 0.0669 e. The highest BCUT2D eigenvalue weighted by atomic mass is 79.9. The SMILES string of the molecule is Nc1c(Cl)cc(Br)c(N)c1Br. The van der Waals surface area contributed by atoms with Crippen LogP contribution in [0.25, 0.3) is 0 Å². The van der Waals surface area contributed by atoms with E-state index in [-0.39, 0.29) is 0 Å². The second kappa shape index (κ2) is 3.21. The van der Waals surface area contributed by atoms with Crippen molar-refractivity contribution in [3.8, 4) is 0 Å². The molecule has 0 bridgehead atoms. The Labute approximate surface area is 86.1 Å². The van der Waals surface area contributed by atoms with Crippen LogP contribution >= 0.6 is 43.5 Å². The Kier molecular flexibility index (Phi) is 2.67. The Morgan fingerprint density at radius 2 is 1.73 bits per heavy atom. The molecular weight excluding hydrogens is 295 g/mol. The molecule has 60 valence electrons. The fourth-order valence-corrected chi connectivity index (χ4v) is 2.19. The minimum absolute atomic E-state index is 0.465. The molecule has 0 aliphatic carbocycles. The lowest BCUT2D eigenvalue weighted by molar-refractivity contribution is 1.58. The maximum atomic E-state index is 5.75. The molecule has 0 aromatic heterocycles. The maximum absolute atomic E-state index is 5.75. The Balaban J connectivity index is 3.46. The summed E-state index contributed by atoms with van der Waals surface area (Å²) in [4.78, 5) is 0. The van der Waals surface area contributed by atoms with Crippen LogP contribution in [0, 0.1) is 0 Å². The number of benzene rings is 1. The van der Waals surface area contributed by atoms with Crippen molar-refractivity contribution >= 4 is 54.8 Å². The Morgan fingerprint density at radius 3 is 2.27 bits per heavy atom. The first-order valence-electron chi connectivity index (χ1n) is 2.72. The first-order chi connectivity index (χ1) is 5.04. The molecule has 4 N–H and O–H groups in total. The molecule has 0 amide bonds. The molecule has 5 heteroatoms. The Morgan fingerprint density at radius 1 is 1.18 bits per heavy atom. The summed E-state index contributed by atoms with van der Waals surface area (Å²) in [7, 11) is 0. The van der Waals surface area contributed by atoms with E-state index in [9.17, 15) is 0 Å². The van der Waals surface area contributed by atoms with Gasteiger partial charge >= 0.3 is 0 Å². The highest BCUT2D eigenvalue weighted by Crippen LogP contribution is 2.37. The van der Waals surface area contributed by atoms with Gasteiger partial charge in [0, 0.05) is 4.47 Å². The average Bonchev–Trinajstić information content (AvgIpc) is 1.97. The van der Waals surface area contributed by atoms with Crippen molar-refractivity contribution in [1.29, 1.82) is 0 Å². The number of hydrogen-bond acceptors (Lipinski definition) is 2. The number of halogens is 3. The monoisotopic (exact) mass is 298 g/mol. The molecule has 0 saturated carbocycles. The van der Waals surface area contributed by atoms with E-state index in [4.69, 9.17) is 23.1 Å². The van der Waals surface area contributed by atoms with Crippen molar-refractivity contribution in [3.05, 3.63) is 20.0 Å². The van der Waals surface area contributed by atoms with Crippen molar-refractivity contribution in [3.63, 3.8) is 0 Å². The van der Waals surface area contributed by atoms with Gasteiger partial charge in [-0.25, -0.2) is 0 Å². The van der Waals surface area contributed by atoms with E-state index >= 15 is 0 Å². The largest absolute Gasteiger partial charge is 0.397 e. The smallest absolute Gasteiger partial charge is 0.0669 e. The number of anilines is 2. The molecule has 2 nitrogen and oxygen atoms in total. The van der Waals surface area contributed by atoms with Crippen LogP contribution in [-0.4, -0.2) is 0 Å². The topological polar surface area (TPSA) is 52.0 Å². The second-order valence-electron chi connectivity index (χ2n) is 1.98. The molecular formula is C6H5Br2ClN2. The van der Waals surface area contributed by atoms with Gasteiger partial charge in [-0.3, -0.25) is 0 Å². The van der Waals surface area contributed by atoms with Crippen LogP contribution in [-0.2, 0) is 0 Å². The molecule has 1 aromatic rings. The van der Waals surface area contributed by atoms with E-state index in [2.05, 4.69) is 31.9 Å². The van der Waals surface area contributed by atoms with Crippen molar-refractivity contribution < 1.29 is 0 Å². The third kappa shape index (κ3) is 1.63. The van der Waals surface area contributed by atoms with Gasteiger partial charge in [-0.15, -0.1) is 0 Å². The van der Waals surface area contributed by atoms with E-state index < -0.39 is 0 Å². The van der Waals surface area contributed by atoms with Gasteiger partial charge in [0.05, 0.1) is 20.9 Å². The summed E-state index contributed by atoms with van der Waals surface area (Å²) < 4.78 is 1.38. The van der Waals surface area contributed by atoms with E-state index in [1.807, 2.05) is 0 Å². The summed E-state index contributed by atoms with van der Waals surface area (Å²) in [6.45, 7) is 0. The molecule has 0 aliphatic rings. The molecule has 0 atom stereocenters. The number of nitrogens with two attached hydrogens (primary N) is 2. The third-order valence-corrected chi connectivity index (χ3v) is 3.06. The van der Waals surface area contributed by atoms with Gasteiger partial charge < -0.3 is 11.5 Å². The Bertz CT molecular complexity index is 275. The highest BCUT2D eigenvalue weighted by molar-refractivity contribution is 9.11. The zero-order valence-corrected chi connectivity index (χ0v) is 9.29. The summed E-state index contributed by atoms with van der Waals surface area (Å²) in [6, 6.07) is 1.66. The van der Waals surface area contributed by atoms with Crippen LogP contribution in [0.5, 0.6) is 0 Å². The molecule has 1 aromatic carbocycles. The predicted molar refractivity (Wildman–Crippen MR) is 55.7 cm³/mol. The van der Waals surface area contributed by atoms with Gasteiger partial charge in [-0.1, -0.05) is 11.6 Å². The van der Waals surface area contributed by atoms with Gasteiger partial charge in [0.15, 0.2) is 0 Å². The van der Waals surface area contributed by atoms with Crippen LogP contribution in [0.4, 0.5) is 11.4 Å². The van der Waals surface area contributed by atoms with Crippen LogP contribution in [0.3, 0.4) is 0 Å². The molecule has 11 heavy (non-hydrogen) atoms. The van der Waals surface area contributed by atoms with Gasteiger partial charge in [-0.2, -0.15) is 0 Å². The summed E-state index contributed by atoms with van der Waals surface area (Å²) in [5.74, 6) is 0. The van der Waals surface area contributed by atoms with Gasteiger partial charge in [-0.05, 0) is 37.9 Å². The molecule has 0 fully saturated rings. The summed E-state index contributed by atoms with van der Waals surface area (Å²) >= 11 is 12.2. The zero-order chi connectivity index (χ0) is 8.59. The average molecular weight is 300 g/mol. The summed E-state index contributed by atoms with van der Waals surface area (Å²) in [5, 5.41) is 0.484. The molecule has 0 saturated heterocycles. The van der Waals surface area contributed by atoms with Crippen LogP contribution < -0.4 is 11.5 Å². The molecule has 1 rings (SSSR count). The van der Waals surface area contributed by atoms with E-state index in [1.54, 1.807) is 6.07 Å². The van der Waals surface area contributed by atoms with E-state index in [1.165, 1.54) is 0 Å². The van der Waals surface area contributed by atoms with Crippen molar-refractivity contribution in [2.24, 2.45) is 0 Å². The van der Waals surface area contributed by atoms with Crippen LogP contribution in [0.2, 0.25) is 5.02 Å². The fourth-order valence-electron chi connectivity index (χ4n) is 0.622. The molecule has 0 aliphatic heterocycles.